The largest absolute Gasteiger partial charge is 0.468 e. The van der Waals surface area contributed by atoms with Crippen LogP contribution in [0.4, 0.5) is 9.18 Å². The third-order valence-electron chi connectivity index (χ3n) is 4.20. The van der Waals surface area contributed by atoms with Crippen molar-refractivity contribution in [3.05, 3.63) is 17.3 Å². The number of carbonyl (C=O) groups excluding carboxylic acids is 1. The topological polar surface area (TPSA) is 73.8 Å². The zero-order valence-corrected chi connectivity index (χ0v) is 15.0. The fourth-order valence-electron chi connectivity index (χ4n) is 2.55. The van der Waals surface area contributed by atoms with Crippen LogP contribution in [-0.4, -0.2) is 59.0 Å². The number of carbonyl (C=O) groups is 1. The smallest absolute Gasteiger partial charge is 0.410 e. The summed E-state index contributed by atoms with van der Waals surface area (Å²) >= 11 is 5.65. The van der Waals surface area contributed by atoms with Crippen LogP contribution in [0, 0.1) is 11.7 Å². The first-order valence-corrected chi connectivity index (χ1v) is 8.62. The van der Waals surface area contributed by atoms with E-state index in [1.165, 1.54) is 0 Å². The summed E-state index contributed by atoms with van der Waals surface area (Å²) in [6.45, 7) is 5.25. The van der Waals surface area contributed by atoms with Gasteiger partial charge >= 0.3 is 6.09 Å². The van der Waals surface area contributed by atoms with Crippen molar-refractivity contribution >= 4 is 17.7 Å². The number of rotatable bonds is 3. The molecule has 1 aromatic rings. The van der Waals surface area contributed by atoms with Crippen LogP contribution < -0.4 is 4.74 Å². The Morgan fingerprint density at radius 3 is 2.88 bits per heavy atom. The lowest BCUT2D eigenvalue weighted by Gasteiger charge is -2.32. The number of hydrogen-bond acceptors (Lipinski definition) is 6. The van der Waals surface area contributed by atoms with E-state index in [1.807, 2.05) is 13.8 Å². The van der Waals surface area contributed by atoms with Gasteiger partial charge in [-0.3, -0.25) is 0 Å². The molecule has 1 aliphatic carbocycles. The Hall–Kier alpha value is -1.67. The zero-order chi connectivity index (χ0) is 18.0. The SMILES string of the molecule is CC1COC[C@H](Oc2ncnc(Cl)c2F)CN(C(=O)OC2(C)CC2)C1. The van der Waals surface area contributed by atoms with Gasteiger partial charge in [-0.05, 0) is 25.7 Å². The van der Waals surface area contributed by atoms with Crippen LogP contribution in [-0.2, 0) is 9.47 Å². The van der Waals surface area contributed by atoms with Gasteiger partial charge in [-0.25, -0.2) is 9.78 Å². The van der Waals surface area contributed by atoms with Gasteiger partial charge in [0.1, 0.15) is 18.0 Å². The van der Waals surface area contributed by atoms with Crippen molar-refractivity contribution in [2.24, 2.45) is 5.92 Å². The molecule has 0 bridgehead atoms. The molecule has 7 nitrogen and oxygen atoms in total. The van der Waals surface area contributed by atoms with Crippen molar-refractivity contribution in [1.82, 2.24) is 14.9 Å². The van der Waals surface area contributed by atoms with Gasteiger partial charge < -0.3 is 19.1 Å². The van der Waals surface area contributed by atoms with Crippen molar-refractivity contribution in [1.29, 1.82) is 0 Å². The number of ether oxygens (including phenoxy) is 3. The summed E-state index contributed by atoms with van der Waals surface area (Å²) in [6, 6.07) is 0. The molecular formula is C16H21ClFN3O4. The molecule has 0 spiro atoms. The monoisotopic (exact) mass is 373 g/mol. The number of hydrogen-bond donors (Lipinski definition) is 0. The van der Waals surface area contributed by atoms with E-state index >= 15 is 0 Å². The molecule has 2 fully saturated rings. The second kappa shape index (κ2) is 7.29. The first-order chi connectivity index (χ1) is 11.9. The first-order valence-electron chi connectivity index (χ1n) is 8.24. The molecule has 138 valence electrons. The van der Waals surface area contributed by atoms with Crippen LogP contribution in [0.3, 0.4) is 0 Å². The molecular weight excluding hydrogens is 353 g/mol. The molecule has 0 radical (unpaired) electrons. The van der Waals surface area contributed by atoms with Crippen LogP contribution in [0.25, 0.3) is 0 Å². The fourth-order valence-corrected chi connectivity index (χ4v) is 2.67. The molecule has 0 N–H and O–H groups in total. The van der Waals surface area contributed by atoms with Crippen molar-refractivity contribution in [3.8, 4) is 5.88 Å². The third kappa shape index (κ3) is 4.70. The van der Waals surface area contributed by atoms with E-state index in [4.69, 9.17) is 25.8 Å². The molecule has 1 aliphatic heterocycles. The Kier molecular flexibility index (Phi) is 5.29. The van der Waals surface area contributed by atoms with Crippen molar-refractivity contribution < 1.29 is 23.4 Å². The predicted octanol–water partition coefficient (Wildman–Crippen LogP) is 2.67. The molecule has 1 saturated carbocycles. The van der Waals surface area contributed by atoms with Crippen molar-refractivity contribution in [3.63, 3.8) is 0 Å². The lowest BCUT2D eigenvalue weighted by molar-refractivity contribution is -0.0201. The number of aromatic nitrogens is 2. The molecule has 1 amide bonds. The molecule has 25 heavy (non-hydrogen) atoms. The summed E-state index contributed by atoms with van der Waals surface area (Å²) in [6.07, 6.45) is 1.88. The van der Waals surface area contributed by atoms with Crippen LogP contribution in [0.5, 0.6) is 5.88 Å². The molecule has 3 rings (SSSR count). The van der Waals surface area contributed by atoms with E-state index in [0.29, 0.717) is 13.2 Å². The maximum Gasteiger partial charge on any atom is 0.410 e. The van der Waals surface area contributed by atoms with Crippen LogP contribution in [0.1, 0.15) is 26.7 Å². The standard InChI is InChI=1S/C16H21ClFN3O4/c1-10-5-21(15(22)25-16(2)3-4-16)6-11(8-23-7-10)24-14-12(18)13(17)19-9-20-14/h9-11H,3-8H2,1-2H3/t10?,11-/m1/s1. The van der Waals surface area contributed by atoms with Crippen molar-refractivity contribution in [2.75, 3.05) is 26.3 Å². The summed E-state index contributed by atoms with van der Waals surface area (Å²) in [4.78, 5) is 21.4. The van der Waals surface area contributed by atoms with Crippen LogP contribution in [0.2, 0.25) is 5.15 Å². The number of nitrogens with zero attached hydrogens (tertiary/aromatic N) is 3. The van der Waals surface area contributed by atoms with E-state index in [2.05, 4.69) is 9.97 Å². The first kappa shape index (κ1) is 18.1. The summed E-state index contributed by atoms with van der Waals surface area (Å²) < 4.78 is 30.7. The second-order valence-corrected chi connectivity index (χ2v) is 7.25. The second-order valence-electron chi connectivity index (χ2n) is 6.89. The third-order valence-corrected chi connectivity index (χ3v) is 4.46. The maximum atomic E-state index is 14.0. The van der Waals surface area contributed by atoms with Gasteiger partial charge in [0.15, 0.2) is 5.15 Å². The minimum absolute atomic E-state index is 0.158. The summed E-state index contributed by atoms with van der Waals surface area (Å²) in [5.41, 5.74) is -0.359. The van der Waals surface area contributed by atoms with Crippen LogP contribution >= 0.6 is 11.6 Å². The highest BCUT2D eigenvalue weighted by molar-refractivity contribution is 6.29. The Balaban J connectivity index is 1.70. The zero-order valence-electron chi connectivity index (χ0n) is 14.2. The van der Waals surface area contributed by atoms with Gasteiger partial charge in [-0.15, -0.1) is 0 Å². The van der Waals surface area contributed by atoms with E-state index in [9.17, 15) is 9.18 Å². The lowest BCUT2D eigenvalue weighted by Crippen LogP contribution is -2.47. The average Bonchev–Trinajstić information content (AvgIpc) is 3.25. The molecule has 1 aromatic heterocycles. The average molecular weight is 374 g/mol. The van der Waals surface area contributed by atoms with E-state index in [0.717, 1.165) is 19.2 Å². The number of halogens is 2. The lowest BCUT2D eigenvalue weighted by atomic mass is 10.1. The molecule has 1 unspecified atom stereocenters. The molecule has 2 heterocycles. The van der Waals surface area contributed by atoms with E-state index in [-0.39, 0.29) is 41.8 Å². The van der Waals surface area contributed by atoms with Gasteiger partial charge in [0, 0.05) is 6.54 Å². The quantitative estimate of drug-likeness (QED) is 0.758. The Morgan fingerprint density at radius 2 is 2.16 bits per heavy atom. The van der Waals surface area contributed by atoms with Gasteiger partial charge in [0.05, 0.1) is 19.8 Å². The molecule has 9 heteroatoms. The highest BCUT2D eigenvalue weighted by atomic mass is 35.5. The maximum absolute atomic E-state index is 14.0. The van der Waals surface area contributed by atoms with Gasteiger partial charge in [0.25, 0.3) is 5.88 Å². The highest BCUT2D eigenvalue weighted by Crippen LogP contribution is 2.39. The number of amides is 1. The van der Waals surface area contributed by atoms with E-state index in [1.54, 1.807) is 4.90 Å². The molecule has 2 aliphatic rings. The Labute approximate surface area is 150 Å². The summed E-state index contributed by atoms with van der Waals surface area (Å²) in [7, 11) is 0. The van der Waals surface area contributed by atoms with Gasteiger partial charge in [-0.1, -0.05) is 18.5 Å². The predicted molar refractivity (Wildman–Crippen MR) is 87.1 cm³/mol. The van der Waals surface area contributed by atoms with Gasteiger partial charge in [-0.2, -0.15) is 9.37 Å². The minimum Gasteiger partial charge on any atom is -0.468 e. The fraction of sp³-hybridized carbons (Fsp3) is 0.688. The molecule has 2 atom stereocenters. The van der Waals surface area contributed by atoms with E-state index < -0.39 is 11.9 Å². The molecule has 1 saturated heterocycles. The van der Waals surface area contributed by atoms with Gasteiger partial charge in [0.2, 0.25) is 5.82 Å². The van der Waals surface area contributed by atoms with Crippen LogP contribution in [0.15, 0.2) is 6.33 Å². The summed E-state index contributed by atoms with van der Waals surface area (Å²) in [5, 5.41) is -0.316. The summed E-state index contributed by atoms with van der Waals surface area (Å²) in [5.74, 6) is -0.936. The minimum atomic E-state index is -0.834. The normalized spacial score (nSPS) is 25.7. The van der Waals surface area contributed by atoms with Crippen molar-refractivity contribution in [2.45, 2.75) is 38.4 Å². The Bertz CT molecular complexity index is 644. The highest BCUT2D eigenvalue weighted by Gasteiger charge is 2.43. The molecule has 0 aromatic carbocycles. The Morgan fingerprint density at radius 1 is 1.40 bits per heavy atom.